The third-order valence-electron chi connectivity index (χ3n) is 5.62. The summed E-state index contributed by atoms with van der Waals surface area (Å²) in [5, 5.41) is 12.4. The Morgan fingerprint density at radius 2 is 1.86 bits per heavy atom. The van der Waals surface area contributed by atoms with Crippen LogP contribution < -0.4 is 4.74 Å². The van der Waals surface area contributed by atoms with Gasteiger partial charge >= 0.3 is 0 Å². The standard InChI is InChI=1S/C24H17ClN2OS/c25-18-9-10-22-19(13-18)21-14-20(17-8-7-15-4-1-2-5-16(15)12-17)26-27(21)24(28-22)23-6-3-11-29-23/h1-13,21,24H,14H2. The van der Waals surface area contributed by atoms with Gasteiger partial charge in [-0.1, -0.05) is 54.1 Å². The lowest BCUT2D eigenvalue weighted by Crippen LogP contribution is -2.33. The zero-order chi connectivity index (χ0) is 19.4. The van der Waals surface area contributed by atoms with Gasteiger partial charge in [0.2, 0.25) is 6.23 Å². The van der Waals surface area contributed by atoms with Gasteiger partial charge in [0.05, 0.1) is 16.6 Å². The molecule has 2 unspecified atom stereocenters. The van der Waals surface area contributed by atoms with Crippen molar-refractivity contribution in [2.24, 2.45) is 5.10 Å². The van der Waals surface area contributed by atoms with Crippen molar-refractivity contribution in [1.82, 2.24) is 5.01 Å². The zero-order valence-corrected chi connectivity index (χ0v) is 17.0. The predicted octanol–water partition coefficient (Wildman–Crippen LogP) is 6.80. The highest BCUT2D eigenvalue weighted by Gasteiger charge is 2.41. The molecule has 0 saturated carbocycles. The number of hydrogen-bond donors (Lipinski definition) is 0. The average molecular weight is 417 g/mol. The van der Waals surface area contributed by atoms with Crippen molar-refractivity contribution in [2.45, 2.75) is 18.7 Å². The molecule has 4 aromatic rings. The van der Waals surface area contributed by atoms with Crippen molar-refractivity contribution in [2.75, 3.05) is 0 Å². The Hall–Kier alpha value is -2.82. The van der Waals surface area contributed by atoms with E-state index in [2.05, 4.69) is 65.0 Å². The van der Waals surface area contributed by atoms with E-state index in [9.17, 15) is 0 Å². The molecule has 0 aliphatic carbocycles. The molecule has 2 aliphatic rings. The van der Waals surface area contributed by atoms with Gasteiger partial charge in [0, 0.05) is 17.0 Å². The third-order valence-corrected chi connectivity index (χ3v) is 6.76. The first-order valence-electron chi connectivity index (χ1n) is 9.61. The lowest BCUT2D eigenvalue weighted by atomic mass is 9.95. The Balaban J connectivity index is 1.46. The van der Waals surface area contributed by atoms with E-state index in [1.54, 1.807) is 11.3 Å². The number of halogens is 1. The fourth-order valence-electron chi connectivity index (χ4n) is 4.22. The van der Waals surface area contributed by atoms with Gasteiger partial charge in [0.1, 0.15) is 5.75 Å². The number of ether oxygens (including phenoxy) is 1. The van der Waals surface area contributed by atoms with Gasteiger partial charge < -0.3 is 4.74 Å². The minimum atomic E-state index is -0.216. The molecule has 3 nitrogen and oxygen atoms in total. The molecular formula is C24H17ClN2OS. The number of nitrogens with zero attached hydrogens (tertiary/aromatic N) is 2. The molecule has 3 aromatic carbocycles. The van der Waals surface area contributed by atoms with Gasteiger partial charge in [-0.15, -0.1) is 11.3 Å². The van der Waals surface area contributed by atoms with Crippen LogP contribution in [0.15, 0.2) is 83.3 Å². The summed E-state index contributed by atoms with van der Waals surface area (Å²) >= 11 is 8.01. The van der Waals surface area contributed by atoms with E-state index in [0.29, 0.717) is 0 Å². The maximum Gasteiger partial charge on any atom is 0.222 e. The smallest absolute Gasteiger partial charge is 0.222 e. The van der Waals surface area contributed by atoms with Gasteiger partial charge in [-0.25, -0.2) is 5.01 Å². The minimum Gasteiger partial charge on any atom is -0.464 e. The maximum absolute atomic E-state index is 6.37. The first-order chi connectivity index (χ1) is 14.3. The van der Waals surface area contributed by atoms with Crippen LogP contribution in [-0.4, -0.2) is 10.7 Å². The van der Waals surface area contributed by atoms with Gasteiger partial charge in [0.25, 0.3) is 0 Å². The van der Waals surface area contributed by atoms with Crippen molar-refractivity contribution < 1.29 is 4.74 Å². The van der Waals surface area contributed by atoms with Gasteiger partial charge in [-0.3, -0.25) is 0 Å². The molecule has 3 heterocycles. The van der Waals surface area contributed by atoms with Gasteiger partial charge in [-0.05, 0) is 52.0 Å². The van der Waals surface area contributed by atoms with Crippen LogP contribution in [0.2, 0.25) is 5.02 Å². The number of thiophene rings is 1. The van der Waals surface area contributed by atoms with E-state index in [4.69, 9.17) is 21.4 Å². The first-order valence-corrected chi connectivity index (χ1v) is 10.9. The summed E-state index contributed by atoms with van der Waals surface area (Å²) in [6.45, 7) is 0. The molecule has 0 fully saturated rings. The third kappa shape index (κ3) is 2.83. The highest BCUT2D eigenvalue weighted by molar-refractivity contribution is 7.10. The number of hydrazone groups is 1. The second-order valence-electron chi connectivity index (χ2n) is 7.38. The summed E-state index contributed by atoms with van der Waals surface area (Å²) in [4.78, 5) is 1.15. The topological polar surface area (TPSA) is 24.8 Å². The fourth-order valence-corrected chi connectivity index (χ4v) is 5.15. The Kier molecular flexibility index (Phi) is 3.89. The molecule has 0 N–H and O–H groups in total. The number of rotatable bonds is 2. The molecule has 0 bridgehead atoms. The van der Waals surface area contributed by atoms with Crippen molar-refractivity contribution in [3.05, 3.63) is 99.2 Å². The van der Waals surface area contributed by atoms with Crippen LogP contribution in [0.25, 0.3) is 10.8 Å². The Labute approximate surface area is 177 Å². The van der Waals surface area contributed by atoms with Crippen LogP contribution in [0, 0.1) is 0 Å². The largest absolute Gasteiger partial charge is 0.464 e. The predicted molar refractivity (Wildman–Crippen MR) is 119 cm³/mol. The number of hydrogen-bond acceptors (Lipinski definition) is 4. The second-order valence-corrected chi connectivity index (χ2v) is 8.79. The van der Waals surface area contributed by atoms with E-state index in [1.807, 2.05) is 18.2 Å². The van der Waals surface area contributed by atoms with Gasteiger partial charge in [0.15, 0.2) is 0 Å². The molecule has 6 rings (SSSR count). The maximum atomic E-state index is 6.37. The molecular weight excluding hydrogens is 400 g/mol. The lowest BCUT2D eigenvalue weighted by Gasteiger charge is -2.37. The van der Waals surface area contributed by atoms with Crippen LogP contribution in [0.4, 0.5) is 0 Å². The molecule has 142 valence electrons. The average Bonchev–Trinajstić information content (AvgIpc) is 3.43. The van der Waals surface area contributed by atoms with Gasteiger partial charge in [-0.2, -0.15) is 5.10 Å². The molecule has 0 radical (unpaired) electrons. The normalized spacial score (nSPS) is 20.2. The molecule has 1 aromatic heterocycles. The van der Waals surface area contributed by atoms with E-state index in [0.717, 1.165) is 38.9 Å². The molecule has 2 aliphatic heterocycles. The van der Waals surface area contributed by atoms with Crippen LogP contribution in [0.3, 0.4) is 0 Å². The highest BCUT2D eigenvalue weighted by Crippen LogP contribution is 2.48. The van der Waals surface area contributed by atoms with Crippen LogP contribution >= 0.6 is 22.9 Å². The fraction of sp³-hybridized carbons (Fsp3) is 0.125. The summed E-state index contributed by atoms with van der Waals surface area (Å²) in [6, 6.07) is 25.1. The van der Waals surface area contributed by atoms with E-state index < -0.39 is 0 Å². The Bertz CT molecular complexity index is 1250. The monoisotopic (exact) mass is 416 g/mol. The van der Waals surface area contributed by atoms with Crippen molar-refractivity contribution >= 4 is 39.4 Å². The van der Waals surface area contributed by atoms with Crippen molar-refractivity contribution in [1.29, 1.82) is 0 Å². The number of fused-ring (bicyclic) bond motifs is 4. The summed E-state index contributed by atoms with van der Waals surface area (Å²) in [5.41, 5.74) is 3.34. The van der Waals surface area contributed by atoms with Crippen LogP contribution in [0.5, 0.6) is 5.75 Å². The summed E-state index contributed by atoms with van der Waals surface area (Å²) in [7, 11) is 0. The van der Waals surface area contributed by atoms with Crippen molar-refractivity contribution in [3.63, 3.8) is 0 Å². The minimum absolute atomic E-state index is 0.117. The molecule has 5 heteroatoms. The van der Waals surface area contributed by atoms with E-state index in [-0.39, 0.29) is 12.3 Å². The van der Waals surface area contributed by atoms with E-state index >= 15 is 0 Å². The quantitative estimate of drug-likeness (QED) is 0.359. The first kappa shape index (κ1) is 17.1. The molecule has 0 amide bonds. The number of benzene rings is 3. The van der Waals surface area contributed by atoms with Crippen LogP contribution in [-0.2, 0) is 0 Å². The summed E-state index contributed by atoms with van der Waals surface area (Å²) in [5.74, 6) is 0.893. The Morgan fingerprint density at radius 3 is 2.72 bits per heavy atom. The lowest BCUT2D eigenvalue weighted by molar-refractivity contribution is -0.0165. The SMILES string of the molecule is Clc1ccc2c(c1)C1CC(c3ccc4ccccc4c3)=NN1C(c1cccs1)O2. The molecule has 0 spiro atoms. The molecule has 29 heavy (non-hydrogen) atoms. The summed E-state index contributed by atoms with van der Waals surface area (Å²) < 4.78 is 6.37. The highest BCUT2D eigenvalue weighted by atomic mass is 35.5. The van der Waals surface area contributed by atoms with E-state index in [1.165, 1.54) is 10.8 Å². The summed E-state index contributed by atoms with van der Waals surface area (Å²) in [6.07, 6.45) is 0.614. The zero-order valence-electron chi connectivity index (χ0n) is 15.5. The Morgan fingerprint density at radius 1 is 0.966 bits per heavy atom. The van der Waals surface area contributed by atoms with Crippen LogP contribution in [0.1, 0.15) is 34.7 Å². The van der Waals surface area contributed by atoms with Crippen molar-refractivity contribution in [3.8, 4) is 5.75 Å². The molecule has 0 saturated heterocycles. The second kappa shape index (κ2) is 6.61. The molecule has 2 atom stereocenters.